The highest BCUT2D eigenvalue weighted by atomic mass is 16.3. The van der Waals surface area contributed by atoms with Gasteiger partial charge in [0, 0.05) is 12.4 Å². The summed E-state index contributed by atoms with van der Waals surface area (Å²) < 4.78 is 10.9. The zero-order valence-corrected chi connectivity index (χ0v) is 11.4. The van der Waals surface area contributed by atoms with Crippen LogP contribution in [0.3, 0.4) is 0 Å². The topological polar surface area (TPSA) is 46.6 Å². The van der Waals surface area contributed by atoms with Crippen molar-refractivity contribution in [1.29, 1.82) is 0 Å². The summed E-state index contributed by atoms with van der Waals surface area (Å²) >= 11 is 0. The lowest BCUT2D eigenvalue weighted by Gasteiger charge is -2.22. The maximum absolute atomic E-state index is 12.2. The van der Waals surface area contributed by atoms with Gasteiger partial charge in [0.2, 0.25) is 0 Å². The van der Waals surface area contributed by atoms with Crippen molar-refractivity contribution < 1.29 is 13.6 Å². The number of carbonyl (C=O) groups is 1. The molecule has 0 aliphatic rings. The lowest BCUT2D eigenvalue weighted by molar-refractivity contribution is 0.0695. The first kappa shape index (κ1) is 12.5. The third kappa shape index (κ3) is 2.09. The molecule has 0 spiro atoms. The second-order valence-electron chi connectivity index (χ2n) is 4.76. The molecule has 1 aromatic carbocycles. The second-order valence-corrected chi connectivity index (χ2v) is 4.76. The standard InChI is InChI=1S/C16H15NO3/c1-11(17(2)16(18)14-8-5-9-19-14)15-10-12-6-3-4-7-13(12)20-15/h3-11H,1-2H3. The molecule has 4 heteroatoms. The Morgan fingerprint density at radius 2 is 2.00 bits per heavy atom. The first-order valence-electron chi connectivity index (χ1n) is 6.46. The fraction of sp³-hybridized carbons (Fsp3) is 0.188. The predicted molar refractivity (Wildman–Crippen MR) is 75.4 cm³/mol. The molecule has 0 aliphatic heterocycles. The van der Waals surface area contributed by atoms with Gasteiger partial charge in [-0.1, -0.05) is 18.2 Å². The maximum Gasteiger partial charge on any atom is 0.289 e. The smallest absolute Gasteiger partial charge is 0.289 e. The molecular weight excluding hydrogens is 254 g/mol. The van der Waals surface area contributed by atoms with Gasteiger partial charge in [0.25, 0.3) is 5.91 Å². The van der Waals surface area contributed by atoms with Crippen molar-refractivity contribution in [3.8, 4) is 0 Å². The second kappa shape index (κ2) is 4.89. The van der Waals surface area contributed by atoms with Crippen LogP contribution in [-0.2, 0) is 0 Å². The van der Waals surface area contributed by atoms with Gasteiger partial charge in [-0.3, -0.25) is 4.79 Å². The molecule has 3 rings (SSSR count). The van der Waals surface area contributed by atoms with Gasteiger partial charge in [-0.05, 0) is 31.2 Å². The van der Waals surface area contributed by atoms with Gasteiger partial charge in [-0.25, -0.2) is 0 Å². The van der Waals surface area contributed by atoms with Crippen LogP contribution >= 0.6 is 0 Å². The molecule has 4 nitrogen and oxygen atoms in total. The van der Waals surface area contributed by atoms with E-state index in [0.29, 0.717) is 5.76 Å². The molecule has 3 aromatic rings. The summed E-state index contributed by atoms with van der Waals surface area (Å²) in [6.45, 7) is 1.93. The summed E-state index contributed by atoms with van der Waals surface area (Å²) in [6.07, 6.45) is 1.49. The third-order valence-electron chi connectivity index (χ3n) is 3.49. The Morgan fingerprint density at radius 1 is 1.20 bits per heavy atom. The third-order valence-corrected chi connectivity index (χ3v) is 3.49. The minimum absolute atomic E-state index is 0.164. The van der Waals surface area contributed by atoms with Crippen molar-refractivity contribution in [3.63, 3.8) is 0 Å². The van der Waals surface area contributed by atoms with E-state index in [1.807, 2.05) is 37.3 Å². The van der Waals surface area contributed by atoms with E-state index in [2.05, 4.69) is 0 Å². The van der Waals surface area contributed by atoms with Crippen LogP contribution in [0.15, 0.2) is 57.6 Å². The van der Waals surface area contributed by atoms with Crippen molar-refractivity contribution in [2.45, 2.75) is 13.0 Å². The molecule has 0 saturated carbocycles. The Labute approximate surface area is 116 Å². The number of fused-ring (bicyclic) bond motifs is 1. The van der Waals surface area contributed by atoms with Crippen LogP contribution in [0.5, 0.6) is 0 Å². The van der Waals surface area contributed by atoms with Crippen LogP contribution in [0.1, 0.15) is 29.3 Å². The Balaban J connectivity index is 1.87. The van der Waals surface area contributed by atoms with E-state index in [-0.39, 0.29) is 11.9 Å². The van der Waals surface area contributed by atoms with Gasteiger partial charge in [0.15, 0.2) is 5.76 Å². The number of carbonyl (C=O) groups excluding carboxylic acids is 1. The molecule has 1 atom stereocenters. The summed E-state index contributed by atoms with van der Waals surface area (Å²) in [5.41, 5.74) is 0.827. The molecule has 2 heterocycles. The summed E-state index contributed by atoms with van der Waals surface area (Å²) in [7, 11) is 1.74. The summed E-state index contributed by atoms with van der Waals surface area (Å²) in [5.74, 6) is 0.923. The number of hydrogen-bond donors (Lipinski definition) is 0. The fourth-order valence-electron chi connectivity index (χ4n) is 2.15. The number of furan rings is 2. The first-order valence-corrected chi connectivity index (χ1v) is 6.46. The summed E-state index contributed by atoms with van der Waals surface area (Å²) in [6, 6.07) is 13.0. The average molecular weight is 269 g/mol. The highest BCUT2D eigenvalue weighted by molar-refractivity contribution is 5.91. The van der Waals surface area contributed by atoms with E-state index in [4.69, 9.17) is 8.83 Å². The van der Waals surface area contributed by atoms with Crippen LogP contribution in [0, 0.1) is 0 Å². The first-order chi connectivity index (χ1) is 9.66. The molecule has 0 fully saturated rings. The summed E-state index contributed by atoms with van der Waals surface area (Å²) in [4.78, 5) is 13.8. The maximum atomic E-state index is 12.2. The normalized spacial score (nSPS) is 12.5. The van der Waals surface area contributed by atoms with E-state index in [0.717, 1.165) is 16.7 Å². The Morgan fingerprint density at radius 3 is 2.70 bits per heavy atom. The van der Waals surface area contributed by atoms with Gasteiger partial charge in [-0.15, -0.1) is 0 Å². The van der Waals surface area contributed by atoms with Crippen molar-refractivity contribution >= 4 is 16.9 Å². The molecule has 0 aliphatic carbocycles. The molecule has 1 unspecified atom stereocenters. The minimum atomic E-state index is -0.167. The number of para-hydroxylation sites is 1. The van der Waals surface area contributed by atoms with E-state index >= 15 is 0 Å². The largest absolute Gasteiger partial charge is 0.459 e. The molecule has 0 N–H and O–H groups in total. The zero-order chi connectivity index (χ0) is 14.1. The Kier molecular flexibility index (Phi) is 3.06. The van der Waals surface area contributed by atoms with Crippen molar-refractivity contribution in [2.24, 2.45) is 0 Å². The molecule has 1 amide bonds. The Bertz CT molecular complexity index is 694. The van der Waals surface area contributed by atoms with Crippen molar-refractivity contribution in [3.05, 3.63) is 60.2 Å². The zero-order valence-electron chi connectivity index (χ0n) is 11.4. The van der Waals surface area contributed by atoms with Crippen LogP contribution in [0.25, 0.3) is 11.0 Å². The average Bonchev–Trinajstić information content (AvgIpc) is 3.13. The number of hydrogen-bond acceptors (Lipinski definition) is 3. The van der Waals surface area contributed by atoms with E-state index in [1.165, 1.54) is 6.26 Å². The van der Waals surface area contributed by atoms with Crippen molar-refractivity contribution in [1.82, 2.24) is 4.90 Å². The molecule has 20 heavy (non-hydrogen) atoms. The molecule has 102 valence electrons. The quantitative estimate of drug-likeness (QED) is 0.725. The number of benzene rings is 1. The van der Waals surface area contributed by atoms with Gasteiger partial charge in [0.1, 0.15) is 11.3 Å². The number of rotatable bonds is 3. The molecule has 0 bridgehead atoms. The molecule has 0 radical (unpaired) electrons. The molecule has 0 saturated heterocycles. The van der Waals surface area contributed by atoms with Crippen molar-refractivity contribution in [2.75, 3.05) is 7.05 Å². The van der Waals surface area contributed by atoms with E-state index < -0.39 is 0 Å². The SMILES string of the molecule is CC(c1cc2ccccc2o1)N(C)C(=O)c1ccco1. The van der Waals surface area contributed by atoms with Crippen LogP contribution in [0.2, 0.25) is 0 Å². The van der Waals surface area contributed by atoms with Gasteiger partial charge in [0.05, 0.1) is 12.3 Å². The van der Waals surface area contributed by atoms with Gasteiger partial charge in [-0.2, -0.15) is 0 Å². The van der Waals surface area contributed by atoms with Crippen LogP contribution in [0.4, 0.5) is 0 Å². The number of amides is 1. The Hall–Kier alpha value is -2.49. The van der Waals surface area contributed by atoms with Crippen LogP contribution < -0.4 is 0 Å². The van der Waals surface area contributed by atoms with E-state index in [1.54, 1.807) is 24.1 Å². The molecule has 2 aromatic heterocycles. The highest BCUT2D eigenvalue weighted by Gasteiger charge is 2.23. The predicted octanol–water partition coefficient (Wildman–Crippen LogP) is 3.86. The van der Waals surface area contributed by atoms with Gasteiger partial charge < -0.3 is 13.7 Å². The monoisotopic (exact) mass is 269 g/mol. The van der Waals surface area contributed by atoms with Crippen LogP contribution in [-0.4, -0.2) is 17.9 Å². The lowest BCUT2D eigenvalue weighted by atomic mass is 10.2. The van der Waals surface area contributed by atoms with E-state index in [9.17, 15) is 4.79 Å². The number of nitrogens with zero attached hydrogens (tertiary/aromatic N) is 1. The summed E-state index contributed by atoms with van der Waals surface area (Å²) in [5, 5.41) is 1.04. The lowest BCUT2D eigenvalue weighted by Crippen LogP contribution is -2.29. The fourth-order valence-corrected chi connectivity index (χ4v) is 2.15. The van der Waals surface area contributed by atoms with Gasteiger partial charge >= 0.3 is 0 Å². The minimum Gasteiger partial charge on any atom is -0.459 e. The highest BCUT2D eigenvalue weighted by Crippen LogP contribution is 2.27. The molecular formula is C16H15NO3.